The second-order valence-electron chi connectivity index (χ2n) is 6.96. The zero-order valence-electron chi connectivity index (χ0n) is 13.4. The number of halogens is 6. The molecule has 1 heterocycles. The Bertz CT molecular complexity index is 513. The molecule has 0 aromatic carbocycles. The van der Waals surface area contributed by atoms with Crippen LogP contribution in [0.25, 0.3) is 0 Å². The summed E-state index contributed by atoms with van der Waals surface area (Å²) in [5.74, 6) is -4.56. The predicted molar refractivity (Wildman–Crippen MR) is 71.9 cm³/mol. The van der Waals surface area contributed by atoms with Gasteiger partial charge in [0.05, 0.1) is 12.1 Å². The summed E-state index contributed by atoms with van der Waals surface area (Å²) >= 11 is 0. The maximum absolute atomic E-state index is 12.5. The van der Waals surface area contributed by atoms with Crippen molar-refractivity contribution in [3.8, 4) is 0 Å². The van der Waals surface area contributed by atoms with E-state index in [9.17, 15) is 35.9 Å². The van der Waals surface area contributed by atoms with Crippen LogP contribution in [0, 0.1) is 0 Å². The molecule has 3 N–H and O–H groups in total. The zero-order valence-corrected chi connectivity index (χ0v) is 13.4. The second kappa shape index (κ2) is 6.08. The molecule has 1 fully saturated rings. The van der Waals surface area contributed by atoms with Crippen molar-refractivity contribution < 1.29 is 35.9 Å². The van der Waals surface area contributed by atoms with Gasteiger partial charge in [0.25, 0.3) is 0 Å². The number of piperidine rings is 1. The minimum Gasteiger partial charge on any atom is -0.343 e. The lowest BCUT2D eigenvalue weighted by molar-refractivity contribution is -0.178. The van der Waals surface area contributed by atoms with Crippen molar-refractivity contribution in [3.05, 3.63) is 0 Å². The molecule has 1 aliphatic heterocycles. The van der Waals surface area contributed by atoms with Gasteiger partial charge in [-0.1, -0.05) is 0 Å². The van der Waals surface area contributed by atoms with Crippen LogP contribution in [-0.2, 0) is 9.59 Å². The van der Waals surface area contributed by atoms with Gasteiger partial charge < -0.3 is 16.0 Å². The number of carbonyl (C=O) groups is 2. The molecule has 0 aromatic rings. The molecular formula is C13H19F6N3O2. The molecule has 2 amide bonds. The maximum Gasteiger partial charge on any atom is 0.471 e. The van der Waals surface area contributed by atoms with Gasteiger partial charge in [-0.2, -0.15) is 26.3 Å². The van der Waals surface area contributed by atoms with E-state index in [1.807, 2.05) is 0 Å². The average molecular weight is 363 g/mol. The van der Waals surface area contributed by atoms with Crippen molar-refractivity contribution in [1.29, 1.82) is 0 Å². The summed E-state index contributed by atoms with van der Waals surface area (Å²) in [4.78, 5) is 22.4. The standard InChI is InChI=1S/C13H19F6N3O2/c1-10(2)5-6(20-8(23)12(14,15)16)7(11(3,4)22-10)21-9(24)13(17,18)19/h6-7,22H,5H2,1-4H3,(H,20,23)(H,21,24)/t6-,7+/m1/s1. The van der Waals surface area contributed by atoms with Crippen molar-refractivity contribution in [2.45, 2.75) is 69.6 Å². The Kier molecular flexibility index (Phi) is 5.20. The lowest BCUT2D eigenvalue weighted by Gasteiger charge is -2.52. The molecule has 0 aliphatic carbocycles. The second-order valence-corrected chi connectivity index (χ2v) is 6.96. The first kappa shape index (κ1) is 20.5. The van der Waals surface area contributed by atoms with Gasteiger partial charge in [-0.3, -0.25) is 9.59 Å². The van der Waals surface area contributed by atoms with E-state index in [1.54, 1.807) is 24.5 Å². The number of rotatable bonds is 2. The van der Waals surface area contributed by atoms with Gasteiger partial charge in [-0.15, -0.1) is 0 Å². The SMILES string of the molecule is CC1(C)C[C@@H](NC(=O)C(F)(F)F)[C@H](NC(=O)C(F)(F)F)C(C)(C)N1. The lowest BCUT2D eigenvalue weighted by Crippen LogP contribution is -2.75. The molecule has 11 heteroatoms. The van der Waals surface area contributed by atoms with Crippen LogP contribution in [0.4, 0.5) is 26.3 Å². The smallest absolute Gasteiger partial charge is 0.343 e. The Morgan fingerprint density at radius 3 is 1.75 bits per heavy atom. The minimum atomic E-state index is -5.19. The van der Waals surface area contributed by atoms with Crippen LogP contribution in [0.3, 0.4) is 0 Å². The highest BCUT2D eigenvalue weighted by atomic mass is 19.4. The van der Waals surface area contributed by atoms with Gasteiger partial charge in [-0.05, 0) is 34.1 Å². The van der Waals surface area contributed by atoms with Crippen molar-refractivity contribution in [2.24, 2.45) is 0 Å². The van der Waals surface area contributed by atoms with Crippen LogP contribution >= 0.6 is 0 Å². The first-order chi connectivity index (χ1) is 10.5. The molecule has 0 radical (unpaired) electrons. The Morgan fingerprint density at radius 1 is 0.917 bits per heavy atom. The molecule has 0 bridgehead atoms. The van der Waals surface area contributed by atoms with Gasteiger partial charge in [-0.25, -0.2) is 0 Å². The number of hydrogen-bond acceptors (Lipinski definition) is 3. The highest BCUT2D eigenvalue weighted by Crippen LogP contribution is 2.31. The van der Waals surface area contributed by atoms with E-state index in [2.05, 4.69) is 5.32 Å². The highest BCUT2D eigenvalue weighted by Gasteiger charge is 2.51. The fourth-order valence-electron chi connectivity index (χ4n) is 3.06. The molecule has 0 aromatic heterocycles. The molecule has 0 unspecified atom stereocenters. The fourth-order valence-corrected chi connectivity index (χ4v) is 3.06. The first-order valence-electron chi connectivity index (χ1n) is 7.00. The Morgan fingerprint density at radius 2 is 1.33 bits per heavy atom. The minimum absolute atomic E-state index is 0.110. The van der Waals surface area contributed by atoms with E-state index in [4.69, 9.17) is 0 Å². The van der Waals surface area contributed by atoms with Crippen molar-refractivity contribution in [3.63, 3.8) is 0 Å². The number of carbonyl (C=O) groups excluding carboxylic acids is 2. The molecule has 5 nitrogen and oxygen atoms in total. The molecular weight excluding hydrogens is 344 g/mol. The summed E-state index contributed by atoms with van der Waals surface area (Å²) in [7, 11) is 0. The van der Waals surface area contributed by atoms with Crippen LogP contribution < -0.4 is 16.0 Å². The molecule has 2 atom stereocenters. The van der Waals surface area contributed by atoms with E-state index >= 15 is 0 Å². The van der Waals surface area contributed by atoms with E-state index in [0.29, 0.717) is 0 Å². The maximum atomic E-state index is 12.5. The van der Waals surface area contributed by atoms with E-state index in [1.165, 1.54) is 13.8 Å². The van der Waals surface area contributed by atoms with E-state index < -0.39 is 47.3 Å². The average Bonchev–Trinajstić information content (AvgIpc) is 2.28. The normalized spacial score (nSPS) is 26.6. The van der Waals surface area contributed by atoms with Crippen LogP contribution in [0.15, 0.2) is 0 Å². The fraction of sp³-hybridized carbons (Fsp3) is 0.846. The summed E-state index contributed by atoms with van der Waals surface area (Å²) in [6, 6.07) is -2.73. The van der Waals surface area contributed by atoms with Gasteiger partial charge in [0.2, 0.25) is 0 Å². The summed E-state index contributed by atoms with van der Waals surface area (Å²) in [6.45, 7) is 6.12. The quantitative estimate of drug-likeness (QED) is 0.653. The third kappa shape index (κ3) is 4.99. The Hall–Kier alpha value is -1.52. The predicted octanol–water partition coefficient (Wildman–Crippen LogP) is 1.63. The lowest BCUT2D eigenvalue weighted by atomic mass is 9.75. The topological polar surface area (TPSA) is 70.2 Å². The van der Waals surface area contributed by atoms with E-state index in [0.717, 1.165) is 0 Å². The van der Waals surface area contributed by atoms with Gasteiger partial charge >= 0.3 is 24.2 Å². The van der Waals surface area contributed by atoms with E-state index in [-0.39, 0.29) is 6.42 Å². The molecule has 1 saturated heterocycles. The van der Waals surface area contributed by atoms with Gasteiger partial charge in [0.1, 0.15) is 0 Å². The van der Waals surface area contributed by atoms with Crippen LogP contribution in [-0.4, -0.2) is 47.3 Å². The summed E-state index contributed by atoms with van der Waals surface area (Å²) in [5.41, 5.74) is -1.97. The molecule has 0 saturated carbocycles. The van der Waals surface area contributed by atoms with Crippen LogP contribution in [0.2, 0.25) is 0 Å². The van der Waals surface area contributed by atoms with Crippen LogP contribution in [0.5, 0.6) is 0 Å². The number of hydrogen-bond donors (Lipinski definition) is 3. The molecule has 24 heavy (non-hydrogen) atoms. The molecule has 140 valence electrons. The largest absolute Gasteiger partial charge is 0.471 e. The Balaban J connectivity index is 3.11. The summed E-state index contributed by atoms with van der Waals surface area (Å²) in [5, 5.41) is 6.34. The van der Waals surface area contributed by atoms with Crippen molar-refractivity contribution in [1.82, 2.24) is 16.0 Å². The number of amides is 2. The summed E-state index contributed by atoms with van der Waals surface area (Å²) in [6.07, 6.45) is -10.5. The van der Waals surface area contributed by atoms with Crippen LogP contribution in [0.1, 0.15) is 34.1 Å². The van der Waals surface area contributed by atoms with Gasteiger partial charge in [0.15, 0.2) is 0 Å². The highest BCUT2D eigenvalue weighted by molar-refractivity contribution is 5.83. The monoisotopic (exact) mass is 363 g/mol. The van der Waals surface area contributed by atoms with Crippen molar-refractivity contribution in [2.75, 3.05) is 0 Å². The third-order valence-corrected chi connectivity index (χ3v) is 3.69. The Labute approximate surface area is 134 Å². The molecule has 0 spiro atoms. The third-order valence-electron chi connectivity index (χ3n) is 3.69. The van der Waals surface area contributed by atoms with Crippen molar-refractivity contribution >= 4 is 11.8 Å². The molecule has 1 aliphatic rings. The first-order valence-corrected chi connectivity index (χ1v) is 7.00. The van der Waals surface area contributed by atoms with Gasteiger partial charge in [0, 0.05) is 11.1 Å². The zero-order chi connectivity index (χ0) is 19.1. The molecule has 1 rings (SSSR count). The number of alkyl halides is 6. The number of nitrogens with one attached hydrogen (secondary N) is 3. The summed E-state index contributed by atoms with van der Waals surface area (Å²) < 4.78 is 74.9.